The zero-order valence-electron chi connectivity index (χ0n) is 23.5. The number of carboxylic acid groups (broad SMARTS) is 1. The maximum atomic E-state index is 13.5. The predicted molar refractivity (Wildman–Crippen MR) is 145 cm³/mol. The van der Waals surface area contributed by atoms with Gasteiger partial charge in [-0.25, -0.2) is 13.2 Å². The van der Waals surface area contributed by atoms with E-state index in [1.165, 1.54) is 4.31 Å². The van der Waals surface area contributed by atoms with Crippen molar-refractivity contribution in [1.29, 1.82) is 0 Å². The molecule has 0 radical (unpaired) electrons. The van der Waals surface area contributed by atoms with Crippen LogP contribution in [0.3, 0.4) is 0 Å². The Morgan fingerprint density at radius 2 is 1.57 bits per heavy atom. The summed E-state index contributed by atoms with van der Waals surface area (Å²) in [6, 6.07) is 7.17. The summed E-state index contributed by atoms with van der Waals surface area (Å²) in [6.45, 7) is 12.2. The summed E-state index contributed by atoms with van der Waals surface area (Å²) >= 11 is 0. The molecule has 0 aromatic heterocycles. The van der Waals surface area contributed by atoms with Gasteiger partial charge in [0.2, 0.25) is 15.9 Å². The Balaban J connectivity index is 0.000000708. The fourth-order valence-corrected chi connectivity index (χ4v) is 5.84. The summed E-state index contributed by atoms with van der Waals surface area (Å²) in [7, 11) is -1.62. The van der Waals surface area contributed by atoms with Gasteiger partial charge in [0.25, 0.3) is 0 Å². The second kappa shape index (κ2) is 15.7. The highest BCUT2D eigenvalue weighted by molar-refractivity contribution is 7.89. The molecule has 2 heterocycles. The molecule has 1 amide bonds. The molecule has 0 aliphatic carbocycles. The van der Waals surface area contributed by atoms with E-state index in [9.17, 15) is 26.4 Å². The maximum absolute atomic E-state index is 13.5. The zero-order chi connectivity index (χ0) is 29.9. The second-order valence-electron chi connectivity index (χ2n) is 10.5. The van der Waals surface area contributed by atoms with Gasteiger partial charge in [0, 0.05) is 58.9 Å². The number of carbonyl (C=O) groups is 2. The minimum Gasteiger partial charge on any atom is -0.475 e. The van der Waals surface area contributed by atoms with Crippen LogP contribution >= 0.6 is 0 Å². The Hall–Kier alpha value is -2.26. The number of nitrogens with one attached hydrogen (secondary N) is 1. The molecule has 1 aromatic rings. The number of piperazine rings is 2. The lowest BCUT2D eigenvalue weighted by atomic mass is 10.0. The van der Waals surface area contributed by atoms with Crippen molar-refractivity contribution in [2.75, 3.05) is 79.0 Å². The lowest BCUT2D eigenvalue weighted by Gasteiger charge is -2.33. The Kier molecular flexibility index (Phi) is 13.3. The van der Waals surface area contributed by atoms with Crippen LogP contribution in [0.25, 0.3) is 0 Å². The van der Waals surface area contributed by atoms with E-state index in [0.717, 1.165) is 57.8 Å². The Morgan fingerprint density at radius 3 is 2.08 bits per heavy atom. The molecule has 0 saturated carbocycles. The third kappa shape index (κ3) is 11.3. The van der Waals surface area contributed by atoms with Gasteiger partial charge in [0.1, 0.15) is 0 Å². The van der Waals surface area contributed by atoms with Crippen molar-refractivity contribution in [1.82, 2.24) is 24.3 Å². The van der Waals surface area contributed by atoms with E-state index in [4.69, 9.17) is 9.90 Å². The Labute approximate surface area is 235 Å². The molecule has 0 spiro atoms. The molecule has 0 unspecified atom stereocenters. The number of alkyl halides is 3. The van der Waals surface area contributed by atoms with E-state index in [-0.39, 0.29) is 17.3 Å². The number of aliphatic carboxylic acids is 1. The molecular weight excluding hydrogens is 551 g/mol. The number of hydrogen-bond donors (Lipinski definition) is 2. The first-order valence-corrected chi connectivity index (χ1v) is 14.9. The number of likely N-dealkylation sites (N-methyl/N-ethyl adjacent to an activating group) is 1. The average molecular weight is 594 g/mol. The summed E-state index contributed by atoms with van der Waals surface area (Å²) in [5.41, 5.74) is 1.13. The SMILES string of the molecule is CC(C)Cc1ccc(S(=O)(=O)N(CCCN2CCN(C)CC2)CC(=O)N2CCNCC2)cc1.O=C(O)C(F)(F)F. The number of carbonyl (C=O) groups excluding carboxylic acids is 1. The van der Waals surface area contributed by atoms with Gasteiger partial charge < -0.3 is 25.1 Å². The number of halogens is 3. The van der Waals surface area contributed by atoms with Gasteiger partial charge in [-0.2, -0.15) is 17.5 Å². The number of benzene rings is 1. The summed E-state index contributed by atoms with van der Waals surface area (Å²) in [5.74, 6) is -2.36. The number of nitrogens with zero attached hydrogens (tertiary/aromatic N) is 4. The topological polar surface area (TPSA) is 114 Å². The molecule has 10 nitrogen and oxygen atoms in total. The molecule has 40 heavy (non-hydrogen) atoms. The van der Waals surface area contributed by atoms with E-state index >= 15 is 0 Å². The van der Waals surface area contributed by atoms with Crippen molar-refractivity contribution >= 4 is 21.9 Å². The van der Waals surface area contributed by atoms with Gasteiger partial charge in [0.15, 0.2) is 0 Å². The molecule has 1 aromatic carbocycles. The van der Waals surface area contributed by atoms with Crippen molar-refractivity contribution in [2.24, 2.45) is 5.92 Å². The fourth-order valence-electron chi connectivity index (χ4n) is 4.41. The van der Waals surface area contributed by atoms with Crippen LogP contribution in [0.1, 0.15) is 25.8 Å². The number of sulfonamides is 1. The predicted octanol–water partition coefficient (Wildman–Crippen LogP) is 1.58. The second-order valence-corrected chi connectivity index (χ2v) is 12.5. The highest BCUT2D eigenvalue weighted by atomic mass is 32.2. The van der Waals surface area contributed by atoms with Crippen LogP contribution in [0, 0.1) is 5.92 Å². The number of hydrogen-bond acceptors (Lipinski definition) is 7. The molecule has 2 aliphatic rings. The lowest BCUT2D eigenvalue weighted by molar-refractivity contribution is -0.192. The third-order valence-corrected chi connectivity index (χ3v) is 8.57. The molecule has 2 aliphatic heterocycles. The highest BCUT2D eigenvalue weighted by Crippen LogP contribution is 2.19. The van der Waals surface area contributed by atoms with Crippen LogP contribution in [-0.2, 0) is 26.0 Å². The van der Waals surface area contributed by atoms with Gasteiger partial charge in [-0.3, -0.25) is 4.79 Å². The van der Waals surface area contributed by atoms with Gasteiger partial charge in [0.05, 0.1) is 11.4 Å². The van der Waals surface area contributed by atoms with Crippen LogP contribution in [0.15, 0.2) is 29.2 Å². The molecule has 2 N–H and O–H groups in total. The Bertz CT molecular complexity index is 1040. The average Bonchev–Trinajstić information content (AvgIpc) is 2.89. The highest BCUT2D eigenvalue weighted by Gasteiger charge is 2.38. The van der Waals surface area contributed by atoms with Crippen molar-refractivity contribution in [3.63, 3.8) is 0 Å². The molecule has 0 atom stereocenters. The first-order valence-electron chi connectivity index (χ1n) is 13.5. The fraction of sp³-hybridized carbons (Fsp3) is 0.692. The van der Waals surface area contributed by atoms with Crippen LogP contribution in [0.2, 0.25) is 0 Å². The van der Waals surface area contributed by atoms with Crippen LogP contribution in [0.5, 0.6) is 0 Å². The van der Waals surface area contributed by atoms with Gasteiger partial charge >= 0.3 is 12.1 Å². The van der Waals surface area contributed by atoms with Gasteiger partial charge in [-0.15, -0.1) is 0 Å². The van der Waals surface area contributed by atoms with Crippen molar-refractivity contribution in [2.45, 2.75) is 37.8 Å². The number of carboxylic acids is 1. The number of rotatable bonds is 10. The summed E-state index contributed by atoms with van der Waals surface area (Å²) < 4.78 is 60.2. The van der Waals surface area contributed by atoms with Crippen LogP contribution in [-0.4, -0.2) is 130 Å². The summed E-state index contributed by atoms with van der Waals surface area (Å²) in [4.78, 5) is 28.6. The van der Waals surface area contributed by atoms with Crippen LogP contribution in [0.4, 0.5) is 13.2 Å². The molecule has 14 heteroatoms. The van der Waals surface area contributed by atoms with Gasteiger partial charge in [-0.1, -0.05) is 26.0 Å². The maximum Gasteiger partial charge on any atom is 0.490 e. The van der Waals surface area contributed by atoms with E-state index in [1.807, 2.05) is 12.1 Å². The molecular formula is C26H42F3N5O5S. The first-order chi connectivity index (χ1) is 18.7. The number of amides is 1. The van der Waals surface area contributed by atoms with E-state index < -0.39 is 22.2 Å². The zero-order valence-corrected chi connectivity index (χ0v) is 24.3. The van der Waals surface area contributed by atoms with Gasteiger partial charge in [-0.05, 0) is 50.0 Å². The van der Waals surface area contributed by atoms with E-state index in [1.54, 1.807) is 17.0 Å². The first kappa shape index (κ1) is 33.9. The van der Waals surface area contributed by atoms with Crippen molar-refractivity contribution in [3.05, 3.63) is 29.8 Å². The van der Waals surface area contributed by atoms with E-state index in [0.29, 0.717) is 32.0 Å². The minimum atomic E-state index is -5.08. The minimum absolute atomic E-state index is 0.0984. The normalized spacial score (nSPS) is 17.6. The molecule has 0 bridgehead atoms. The smallest absolute Gasteiger partial charge is 0.475 e. The molecule has 2 saturated heterocycles. The van der Waals surface area contributed by atoms with Crippen molar-refractivity contribution < 1.29 is 36.3 Å². The molecule has 228 valence electrons. The monoisotopic (exact) mass is 593 g/mol. The van der Waals surface area contributed by atoms with E-state index in [2.05, 4.69) is 36.0 Å². The standard InChI is InChI=1S/C24H41N5O3S.C2HF3O2/c1-21(2)19-22-5-7-23(8-6-22)33(31,32)29(20-24(30)28-13-9-25-10-14-28)12-4-11-27-17-15-26(3)16-18-27;3-2(4,5)1(6)7/h5-8,21,25H,4,9-20H2,1-3H3;(H,6,7). The van der Waals surface area contributed by atoms with Crippen LogP contribution < -0.4 is 5.32 Å². The summed E-state index contributed by atoms with van der Waals surface area (Å²) in [5, 5.41) is 10.4. The third-order valence-electron chi connectivity index (χ3n) is 6.71. The largest absolute Gasteiger partial charge is 0.490 e. The Morgan fingerprint density at radius 1 is 1.02 bits per heavy atom. The molecule has 2 fully saturated rings. The lowest BCUT2D eigenvalue weighted by Crippen LogP contribution is -2.50. The quantitative estimate of drug-likeness (QED) is 0.421. The molecule has 3 rings (SSSR count). The summed E-state index contributed by atoms with van der Waals surface area (Å²) in [6.07, 6.45) is -3.46. The van der Waals surface area contributed by atoms with Crippen molar-refractivity contribution in [3.8, 4) is 0 Å².